The Labute approximate surface area is 208 Å². The fourth-order valence-corrected chi connectivity index (χ4v) is 3.34. The third kappa shape index (κ3) is 7.48. The number of carbonyl (C=O) groups excluding carboxylic acids is 2. The van der Waals surface area contributed by atoms with E-state index in [9.17, 15) is 9.59 Å². The summed E-state index contributed by atoms with van der Waals surface area (Å²) in [6, 6.07) is 17.3. The topological polar surface area (TPSA) is 98.3 Å². The molecule has 2 amide bonds. The van der Waals surface area contributed by atoms with Gasteiger partial charge < -0.3 is 19.5 Å². The van der Waals surface area contributed by atoms with Gasteiger partial charge in [0.2, 0.25) is 0 Å². The van der Waals surface area contributed by atoms with E-state index in [0.29, 0.717) is 45.7 Å². The maximum absolute atomic E-state index is 12.4. The van der Waals surface area contributed by atoms with Gasteiger partial charge in [-0.25, -0.2) is 5.43 Å². The third-order valence-corrected chi connectivity index (χ3v) is 5.02. The van der Waals surface area contributed by atoms with Gasteiger partial charge in [0.15, 0.2) is 18.1 Å². The van der Waals surface area contributed by atoms with Crippen LogP contribution in [0.2, 0.25) is 5.02 Å². The number of hydrogen-bond donors (Lipinski definition) is 2. The van der Waals surface area contributed by atoms with Gasteiger partial charge in [-0.1, -0.05) is 23.7 Å². The number of benzene rings is 3. The first-order valence-corrected chi connectivity index (χ1v) is 11.2. The van der Waals surface area contributed by atoms with E-state index < -0.39 is 5.91 Å². The molecule has 0 radical (unpaired) electrons. The van der Waals surface area contributed by atoms with Crippen LogP contribution in [0.5, 0.6) is 17.2 Å². The normalized spacial score (nSPS) is 10.6. The van der Waals surface area contributed by atoms with Crippen molar-refractivity contribution in [3.05, 3.63) is 82.4 Å². The van der Waals surface area contributed by atoms with Gasteiger partial charge in [0.1, 0.15) is 5.75 Å². The Morgan fingerprint density at radius 2 is 1.80 bits per heavy atom. The van der Waals surface area contributed by atoms with Gasteiger partial charge in [0, 0.05) is 11.3 Å². The van der Waals surface area contributed by atoms with Gasteiger partial charge in [0.25, 0.3) is 11.8 Å². The van der Waals surface area contributed by atoms with Crippen molar-refractivity contribution in [1.82, 2.24) is 5.43 Å². The lowest BCUT2D eigenvalue weighted by molar-refractivity contribution is -0.118. The van der Waals surface area contributed by atoms with Crippen LogP contribution in [-0.2, 0) is 4.79 Å². The summed E-state index contributed by atoms with van der Waals surface area (Å²) >= 11 is 6.28. The number of anilines is 1. The first-order chi connectivity index (χ1) is 16.9. The Morgan fingerprint density at radius 1 is 1.00 bits per heavy atom. The summed E-state index contributed by atoms with van der Waals surface area (Å²) in [7, 11) is 1.53. The second kappa shape index (κ2) is 12.4. The molecule has 0 aliphatic carbocycles. The van der Waals surface area contributed by atoms with Gasteiger partial charge in [-0.2, -0.15) is 5.10 Å². The number of nitrogens with zero attached hydrogens (tertiary/aromatic N) is 1. The molecule has 182 valence electrons. The summed E-state index contributed by atoms with van der Waals surface area (Å²) in [5.74, 6) is 0.661. The quantitative estimate of drug-likeness (QED) is 0.310. The van der Waals surface area contributed by atoms with Gasteiger partial charge in [-0.3, -0.25) is 9.59 Å². The number of methoxy groups -OCH3 is 1. The number of halogens is 1. The molecule has 0 heterocycles. The minimum absolute atomic E-state index is 0.192. The average Bonchev–Trinajstić information content (AvgIpc) is 2.83. The molecule has 0 aromatic heterocycles. The highest BCUT2D eigenvalue weighted by molar-refractivity contribution is 6.32. The molecule has 0 saturated heterocycles. The smallest absolute Gasteiger partial charge is 0.271 e. The van der Waals surface area contributed by atoms with E-state index in [0.717, 1.165) is 5.56 Å². The molecule has 0 bridgehead atoms. The van der Waals surface area contributed by atoms with Crippen LogP contribution in [0.4, 0.5) is 5.69 Å². The van der Waals surface area contributed by atoms with Crippen LogP contribution in [0, 0.1) is 6.92 Å². The van der Waals surface area contributed by atoms with E-state index >= 15 is 0 Å². The fraction of sp³-hybridized carbons (Fsp3) is 0.192. The Kier molecular flexibility index (Phi) is 9.09. The second-order valence-electron chi connectivity index (χ2n) is 7.39. The summed E-state index contributed by atoms with van der Waals surface area (Å²) < 4.78 is 16.2. The molecule has 0 atom stereocenters. The number of hydrazone groups is 1. The largest absolute Gasteiger partial charge is 0.493 e. The third-order valence-electron chi connectivity index (χ3n) is 4.72. The Morgan fingerprint density at radius 3 is 2.51 bits per heavy atom. The van der Waals surface area contributed by atoms with Crippen molar-refractivity contribution in [3.8, 4) is 17.2 Å². The minimum Gasteiger partial charge on any atom is -0.493 e. The van der Waals surface area contributed by atoms with Crippen LogP contribution < -0.4 is 25.0 Å². The number of nitrogens with one attached hydrogen (secondary N) is 2. The molecule has 9 heteroatoms. The summed E-state index contributed by atoms with van der Waals surface area (Å²) in [5.41, 5.74) is 5.21. The SMILES string of the molecule is CCOc1cc(C(=O)N/N=C/c2ccc(OCC(=O)Nc3cccc(C)c3)c(Cl)c2)ccc1OC. The van der Waals surface area contributed by atoms with Crippen LogP contribution in [-0.4, -0.2) is 38.4 Å². The van der Waals surface area contributed by atoms with Crippen molar-refractivity contribution in [2.24, 2.45) is 5.10 Å². The predicted octanol–water partition coefficient (Wildman–Crippen LogP) is 4.84. The second-order valence-corrected chi connectivity index (χ2v) is 7.80. The Hall–Kier alpha value is -4.04. The zero-order valence-corrected chi connectivity index (χ0v) is 20.4. The zero-order chi connectivity index (χ0) is 25.2. The molecule has 0 aliphatic heterocycles. The van der Waals surface area contributed by atoms with Gasteiger partial charge in [-0.05, 0) is 73.5 Å². The summed E-state index contributed by atoms with van der Waals surface area (Å²) in [6.45, 7) is 4.04. The fourth-order valence-electron chi connectivity index (χ4n) is 3.09. The highest BCUT2D eigenvalue weighted by Gasteiger charge is 2.11. The highest BCUT2D eigenvalue weighted by atomic mass is 35.5. The van der Waals surface area contributed by atoms with E-state index in [-0.39, 0.29) is 12.5 Å². The summed E-state index contributed by atoms with van der Waals surface area (Å²) in [4.78, 5) is 24.5. The number of carbonyl (C=O) groups is 2. The zero-order valence-electron chi connectivity index (χ0n) is 19.6. The van der Waals surface area contributed by atoms with E-state index in [1.807, 2.05) is 32.0 Å². The molecular formula is C26H26ClN3O5. The van der Waals surface area contributed by atoms with Crippen LogP contribution in [0.25, 0.3) is 0 Å². The lowest BCUT2D eigenvalue weighted by atomic mass is 10.2. The number of rotatable bonds is 10. The molecule has 0 spiro atoms. The maximum atomic E-state index is 12.4. The average molecular weight is 496 g/mol. The maximum Gasteiger partial charge on any atom is 0.271 e. The van der Waals surface area contributed by atoms with Crippen molar-refractivity contribution in [1.29, 1.82) is 0 Å². The molecule has 0 aliphatic rings. The number of amides is 2. The van der Waals surface area contributed by atoms with Crippen molar-refractivity contribution in [3.63, 3.8) is 0 Å². The van der Waals surface area contributed by atoms with Crippen LogP contribution in [0.1, 0.15) is 28.4 Å². The van der Waals surface area contributed by atoms with E-state index in [4.69, 9.17) is 25.8 Å². The number of hydrogen-bond acceptors (Lipinski definition) is 6. The molecule has 3 aromatic rings. The minimum atomic E-state index is -0.407. The van der Waals surface area contributed by atoms with Gasteiger partial charge in [-0.15, -0.1) is 0 Å². The molecule has 3 rings (SSSR count). The van der Waals surface area contributed by atoms with Crippen LogP contribution in [0.15, 0.2) is 65.8 Å². The molecule has 35 heavy (non-hydrogen) atoms. The Balaban J connectivity index is 1.54. The van der Waals surface area contributed by atoms with Crippen molar-refractivity contribution in [2.45, 2.75) is 13.8 Å². The number of aryl methyl sites for hydroxylation is 1. The number of ether oxygens (including phenoxy) is 3. The molecule has 2 N–H and O–H groups in total. The standard InChI is InChI=1S/C26H26ClN3O5/c1-4-34-24-14-19(9-11-23(24)33-3)26(32)30-28-15-18-8-10-22(21(27)13-18)35-16-25(31)29-20-7-5-6-17(2)12-20/h5-15H,4,16H2,1-3H3,(H,29,31)(H,30,32)/b28-15+. The van der Waals surface area contributed by atoms with E-state index in [1.165, 1.54) is 13.3 Å². The van der Waals surface area contributed by atoms with Crippen molar-refractivity contribution in [2.75, 3.05) is 25.6 Å². The van der Waals surface area contributed by atoms with Crippen molar-refractivity contribution >= 4 is 35.3 Å². The molecule has 0 fully saturated rings. The predicted molar refractivity (Wildman–Crippen MR) is 136 cm³/mol. The van der Waals surface area contributed by atoms with Crippen LogP contribution in [0.3, 0.4) is 0 Å². The summed E-state index contributed by atoms with van der Waals surface area (Å²) in [5, 5.41) is 7.05. The molecular weight excluding hydrogens is 470 g/mol. The van der Waals surface area contributed by atoms with Gasteiger partial charge in [0.05, 0.1) is 25.0 Å². The first-order valence-electron chi connectivity index (χ1n) is 10.8. The summed E-state index contributed by atoms with van der Waals surface area (Å²) in [6.07, 6.45) is 1.45. The van der Waals surface area contributed by atoms with Crippen molar-refractivity contribution < 1.29 is 23.8 Å². The monoisotopic (exact) mass is 495 g/mol. The van der Waals surface area contributed by atoms with Gasteiger partial charge >= 0.3 is 0 Å². The van der Waals surface area contributed by atoms with E-state index in [2.05, 4.69) is 15.8 Å². The highest BCUT2D eigenvalue weighted by Crippen LogP contribution is 2.28. The molecule has 8 nitrogen and oxygen atoms in total. The lowest BCUT2D eigenvalue weighted by Gasteiger charge is -2.10. The lowest BCUT2D eigenvalue weighted by Crippen LogP contribution is -2.20. The molecule has 0 unspecified atom stereocenters. The van der Waals surface area contributed by atoms with Crippen LogP contribution >= 0.6 is 11.6 Å². The van der Waals surface area contributed by atoms with E-state index in [1.54, 1.807) is 42.5 Å². The molecule has 0 saturated carbocycles. The molecule has 3 aromatic carbocycles. The first kappa shape index (κ1) is 25.6. The Bertz CT molecular complexity index is 1230.